The number of rotatable bonds is 4. The van der Waals surface area contributed by atoms with Crippen molar-refractivity contribution in [3.8, 4) is 0 Å². The third-order valence-electron chi connectivity index (χ3n) is 1.62. The second kappa shape index (κ2) is 5.17. The van der Waals surface area contributed by atoms with E-state index in [1.807, 2.05) is 6.08 Å². The van der Waals surface area contributed by atoms with E-state index in [0.29, 0.717) is 11.8 Å². The molecule has 0 aliphatic carbocycles. The smallest absolute Gasteiger partial charge is 0.0227 e. The predicted octanol–water partition coefficient (Wildman–Crippen LogP) is 3.62. The van der Waals surface area contributed by atoms with Crippen molar-refractivity contribution < 1.29 is 0 Å². The lowest BCUT2D eigenvalue weighted by atomic mass is 10.00. The molecule has 0 saturated heterocycles. The maximum atomic E-state index is 3.91. The molecule has 0 bridgehead atoms. The molecule has 11 heavy (non-hydrogen) atoms. The highest BCUT2D eigenvalue weighted by Crippen LogP contribution is 2.13. The van der Waals surface area contributed by atoms with Crippen molar-refractivity contribution in [1.29, 1.82) is 0 Å². The molecular weight excluding hydrogens is 132 g/mol. The average Bonchev–Trinajstić information content (AvgIpc) is 1.85. The van der Waals surface area contributed by atoms with Crippen molar-refractivity contribution in [2.24, 2.45) is 11.8 Å². The van der Waals surface area contributed by atoms with Gasteiger partial charge in [-0.1, -0.05) is 31.6 Å². The molecule has 0 aromatic rings. The molecular formula is C11H19. The molecule has 0 aromatic heterocycles. The summed E-state index contributed by atoms with van der Waals surface area (Å²) in [5.41, 5.74) is 1.42. The average molecular weight is 151 g/mol. The van der Waals surface area contributed by atoms with Gasteiger partial charge in [-0.05, 0) is 32.1 Å². The van der Waals surface area contributed by atoms with Gasteiger partial charge in [0.2, 0.25) is 0 Å². The van der Waals surface area contributed by atoms with Gasteiger partial charge < -0.3 is 0 Å². The Morgan fingerprint density at radius 2 is 2.00 bits per heavy atom. The first-order valence-corrected chi connectivity index (χ1v) is 4.19. The Hall–Kier alpha value is -0.520. The molecule has 63 valence electrons. The SMILES string of the molecule is [CH2]C(C)/C=C(\C)CC(C)C=C. The molecule has 0 heterocycles. The Bertz CT molecular complexity index is 140. The van der Waals surface area contributed by atoms with Gasteiger partial charge in [-0.25, -0.2) is 0 Å². The van der Waals surface area contributed by atoms with Crippen LogP contribution in [0.15, 0.2) is 24.3 Å². The minimum Gasteiger partial charge on any atom is -0.103 e. The standard InChI is InChI=1S/C11H19/c1-6-10(4)8-11(5)7-9(2)3/h6-7,9-10H,1-2,8H2,3-5H3/b11-7+. The lowest BCUT2D eigenvalue weighted by Gasteiger charge is -2.06. The Balaban J connectivity index is 3.85. The van der Waals surface area contributed by atoms with Gasteiger partial charge in [0.05, 0.1) is 0 Å². The molecule has 0 saturated carbocycles. The maximum Gasteiger partial charge on any atom is -0.0227 e. The second-order valence-corrected chi connectivity index (χ2v) is 3.41. The first-order chi connectivity index (χ1) is 5.06. The van der Waals surface area contributed by atoms with Crippen LogP contribution in [0, 0.1) is 18.8 Å². The zero-order valence-corrected chi connectivity index (χ0v) is 7.93. The molecule has 0 aliphatic heterocycles. The van der Waals surface area contributed by atoms with Gasteiger partial charge in [-0.2, -0.15) is 0 Å². The van der Waals surface area contributed by atoms with E-state index in [-0.39, 0.29) is 0 Å². The van der Waals surface area contributed by atoms with Gasteiger partial charge in [-0.3, -0.25) is 0 Å². The summed E-state index contributed by atoms with van der Waals surface area (Å²) in [4.78, 5) is 0. The summed E-state index contributed by atoms with van der Waals surface area (Å²) < 4.78 is 0. The summed E-state index contributed by atoms with van der Waals surface area (Å²) in [6.07, 6.45) is 5.31. The van der Waals surface area contributed by atoms with Crippen LogP contribution >= 0.6 is 0 Å². The van der Waals surface area contributed by atoms with Gasteiger partial charge in [0.15, 0.2) is 0 Å². The van der Waals surface area contributed by atoms with Crippen LogP contribution in [0.5, 0.6) is 0 Å². The summed E-state index contributed by atoms with van der Waals surface area (Å²) in [5.74, 6) is 1.01. The Labute approximate surface area is 71.0 Å². The van der Waals surface area contributed by atoms with Crippen molar-refractivity contribution in [2.75, 3.05) is 0 Å². The fraction of sp³-hybridized carbons (Fsp3) is 0.545. The first-order valence-electron chi connectivity index (χ1n) is 4.19. The van der Waals surface area contributed by atoms with Crippen molar-refractivity contribution >= 4 is 0 Å². The first kappa shape index (κ1) is 10.5. The van der Waals surface area contributed by atoms with E-state index < -0.39 is 0 Å². The molecule has 0 N–H and O–H groups in total. The fourth-order valence-corrected chi connectivity index (χ4v) is 1.14. The van der Waals surface area contributed by atoms with Gasteiger partial charge in [0.25, 0.3) is 0 Å². The molecule has 0 spiro atoms. The number of allylic oxidation sites excluding steroid dienone is 3. The lowest BCUT2D eigenvalue weighted by molar-refractivity contribution is 0.710. The van der Waals surface area contributed by atoms with Crippen LogP contribution in [0.2, 0.25) is 0 Å². The summed E-state index contributed by atoms with van der Waals surface area (Å²) >= 11 is 0. The van der Waals surface area contributed by atoms with E-state index in [9.17, 15) is 0 Å². The summed E-state index contributed by atoms with van der Waals surface area (Å²) in [6.45, 7) is 14.1. The van der Waals surface area contributed by atoms with Crippen LogP contribution in [-0.2, 0) is 0 Å². The largest absolute Gasteiger partial charge is 0.103 e. The van der Waals surface area contributed by atoms with Crippen molar-refractivity contribution in [3.63, 3.8) is 0 Å². The molecule has 0 heteroatoms. The minimum absolute atomic E-state index is 0.423. The van der Waals surface area contributed by atoms with E-state index >= 15 is 0 Å². The molecule has 0 aliphatic rings. The highest BCUT2D eigenvalue weighted by atomic mass is 14.0. The van der Waals surface area contributed by atoms with Crippen LogP contribution in [0.4, 0.5) is 0 Å². The van der Waals surface area contributed by atoms with E-state index in [1.165, 1.54) is 5.57 Å². The van der Waals surface area contributed by atoms with E-state index in [1.54, 1.807) is 0 Å². The van der Waals surface area contributed by atoms with Crippen LogP contribution in [-0.4, -0.2) is 0 Å². The zero-order valence-electron chi connectivity index (χ0n) is 7.93. The molecule has 1 radical (unpaired) electrons. The van der Waals surface area contributed by atoms with Crippen LogP contribution in [0.3, 0.4) is 0 Å². The van der Waals surface area contributed by atoms with Gasteiger partial charge in [0.1, 0.15) is 0 Å². The Morgan fingerprint density at radius 3 is 2.36 bits per heavy atom. The quantitative estimate of drug-likeness (QED) is 0.538. The van der Waals surface area contributed by atoms with Crippen molar-refractivity contribution in [1.82, 2.24) is 0 Å². The lowest BCUT2D eigenvalue weighted by Crippen LogP contribution is -1.91. The Morgan fingerprint density at radius 1 is 1.45 bits per heavy atom. The maximum absolute atomic E-state index is 3.91. The van der Waals surface area contributed by atoms with Crippen molar-refractivity contribution in [3.05, 3.63) is 31.2 Å². The third kappa shape index (κ3) is 5.90. The zero-order chi connectivity index (χ0) is 8.85. The normalized spacial score (nSPS) is 15.2. The van der Waals surface area contributed by atoms with Crippen LogP contribution in [0.1, 0.15) is 27.2 Å². The summed E-state index contributed by atoms with van der Waals surface area (Å²) in [6, 6.07) is 0. The molecule has 0 aromatic carbocycles. The topological polar surface area (TPSA) is 0 Å². The molecule has 0 fully saturated rings. The third-order valence-corrected chi connectivity index (χ3v) is 1.62. The molecule has 2 unspecified atom stereocenters. The summed E-state index contributed by atoms with van der Waals surface area (Å²) in [7, 11) is 0. The van der Waals surface area contributed by atoms with Gasteiger partial charge in [-0.15, -0.1) is 6.58 Å². The van der Waals surface area contributed by atoms with E-state index in [4.69, 9.17) is 0 Å². The van der Waals surface area contributed by atoms with Crippen molar-refractivity contribution in [2.45, 2.75) is 27.2 Å². The molecule has 2 atom stereocenters. The van der Waals surface area contributed by atoms with Crippen LogP contribution in [0.25, 0.3) is 0 Å². The highest BCUT2D eigenvalue weighted by Gasteiger charge is 1.97. The second-order valence-electron chi connectivity index (χ2n) is 3.41. The van der Waals surface area contributed by atoms with Gasteiger partial charge >= 0.3 is 0 Å². The summed E-state index contributed by atoms with van der Waals surface area (Å²) in [5, 5.41) is 0. The Kier molecular flexibility index (Phi) is 4.93. The molecule has 0 amide bonds. The fourth-order valence-electron chi connectivity index (χ4n) is 1.14. The molecule has 0 nitrogen and oxygen atoms in total. The predicted molar refractivity (Wildman–Crippen MR) is 52.3 cm³/mol. The monoisotopic (exact) mass is 151 g/mol. The minimum atomic E-state index is 0.423. The van der Waals surface area contributed by atoms with E-state index in [2.05, 4.69) is 40.3 Å². The van der Waals surface area contributed by atoms with Crippen LogP contribution < -0.4 is 0 Å². The number of hydrogen-bond donors (Lipinski definition) is 0. The van der Waals surface area contributed by atoms with E-state index in [0.717, 1.165) is 6.42 Å². The number of hydrogen-bond acceptors (Lipinski definition) is 0. The highest BCUT2D eigenvalue weighted by molar-refractivity contribution is 5.03. The molecule has 0 rings (SSSR count). The van der Waals surface area contributed by atoms with Gasteiger partial charge in [0, 0.05) is 0 Å².